The predicted molar refractivity (Wildman–Crippen MR) is 44.2 cm³/mol. The van der Waals surface area contributed by atoms with Crippen molar-refractivity contribution < 1.29 is 0 Å². The average Bonchev–Trinajstić information content (AvgIpc) is 2.29. The molecule has 0 spiro atoms. The van der Waals surface area contributed by atoms with Crippen molar-refractivity contribution in [2.75, 3.05) is 0 Å². The topological polar surface area (TPSA) is 70.7 Å². The fourth-order valence-electron chi connectivity index (χ4n) is 1.19. The molecule has 0 bridgehead atoms. The normalized spacial score (nSPS) is 10.8. The van der Waals surface area contributed by atoms with Crippen molar-refractivity contribution in [3.8, 4) is 0 Å². The van der Waals surface area contributed by atoms with Gasteiger partial charge < -0.3 is 9.55 Å². The molecule has 12 heavy (non-hydrogen) atoms. The molecule has 5 heteroatoms. The Hall–Kier alpha value is -1.78. The number of aromatic amines is 2. The Morgan fingerprint density at radius 3 is 2.75 bits per heavy atom. The van der Waals surface area contributed by atoms with Crippen molar-refractivity contribution in [2.45, 2.75) is 0 Å². The van der Waals surface area contributed by atoms with Gasteiger partial charge in [0.25, 0.3) is 5.56 Å². The Kier molecular flexibility index (Phi) is 1.21. The van der Waals surface area contributed by atoms with Gasteiger partial charge in [-0.3, -0.25) is 9.78 Å². The lowest BCUT2D eigenvalue weighted by Gasteiger charge is -1.84. The Bertz CT molecular complexity index is 531. The minimum absolute atomic E-state index is 0.352. The lowest BCUT2D eigenvalue weighted by Crippen LogP contribution is -2.20. The summed E-state index contributed by atoms with van der Waals surface area (Å²) in [5.41, 5.74) is -0.265. The van der Waals surface area contributed by atoms with Gasteiger partial charge in [-0.05, 0) is 0 Å². The van der Waals surface area contributed by atoms with Gasteiger partial charge in [-0.15, -0.1) is 0 Å². The zero-order chi connectivity index (χ0) is 8.72. The first kappa shape index (κ1) is 6.90. The third kappa shape index (κ3) is 0.868. The molecule has 0 saturated heterocycles. The van der Waals surface area contributed by atoms with Crippen molar-refractivity contribution >= 4 is 10.9 Å². The molecule has 2 heterocycles. The van der Waals surface area contributed by atoms with Crippen LogP contribution in [0.15, 0.2) is 22.0 Å². The summed E-state index contributed by atoms with van der Waals surface area (Å²) >= 11 is 0. The Morgan fingerprint density at radius 2 is 2.00 bits per heavy atom. The number of nitrogens with one attached hydrogen (secondary N) is 2. The van der Waals surface area contributed by atoms with Crippen LogP contribution >= 0.6 is 0 Å². The molecule has 0 aliphatic heterocycles. The Balaban J connectivity index is 3.08. The maximum absolute atomic E-state index is 11.1. The molecule has 2 rings (SSSR count). The van der Waals surface area contributed by atoms with E-state index in [4.69, 9.17) is 0 Å². The molecule has 0 unspecified atom stereocenters. The van der Waals surface area contributed by atoms with E-state index in [1.165, 1.54) is 0 Å². The van der Waals surface area contributed by atoms with Gasteiger partial charge in [0.15, 0.2) is 0 Å². The number of rotatable bonds is 0. The first-order valence-electron chi connectivity index (χ1n) is 3.45. The molecule has 0 atom stereocenters. The summed E-state index contributed by atoms with van der Waals surface area (Å²) in [5, 5.41) is 0.497. The lowest BCUT2D eigenvalue weighted by atomic mass is 10.4. The number of nitrogens with zero attached hydrogens (tertiary/aromatic N) is 1. The predicted octanol–water partition coefficient (Wildman–Crippen LogP) is -0.445. The van der Waals surface area contributed by atoms with Gasteiger partial charge in [-0.1, -0.05) is 0 Å². The third-order valence-corrected chi connectivity index (χ3v) is 1.68. The van der Waals surface area contributed by atoms with E-state index in [1.807, 2.05) is 0 Å². The summed E-state index contributed by atoms with van der Waals surface area (Å²) in [6.45, 7) is 0. The van der Waals surface area contributed by atoms with E-state index in [0.29, 0.717) is 10.9 Å². The van der Waals surface area contributed by atoms with Crippen LogP contribution in [0.4, 0.5) is 0 Å². The summed E-state index contributed by atoms with van der Waals surface area (Å²) in [7, 11) is 1.79. The fourth-order valence-corrected chi connectivity index (χ4v) is 1.19. The van der Waals surface area contributed by atoms with Crippen LogP contribution in [0.2, 0.25) is 0 Å². The van der Waals surface area contributed by atoms with Crippen molar-refractivity contribution in [3.05, 3.63) is 33.2 Å². The van der Waals surface area contributed by atoms with Gasteiger partial charge >= 0.3 is 5.69 Å². The highest BCUT2D eigenvalue weighted by Crippen LogP contribution is 2.02. The van der Waals surface area contributed by atoms with Gasteiger partial charge in [0.1, 0.15) is 0 Å². The highest BCUT2D eigenvalue weighted by molar-refractivity contribution is 5.76. The standard InChI is InChI=1S/C7H7N3O2/c1-10-2-4-5(3-10)8-7(12)9-6(4)11/h2-3H,1H3,(H2,8,9,11,12). The molecule has 2 N–H and O–H groups in total. The maximum Gasteiger partial charge on any atom is 0.326 e. The first-order valence-corrected chi connectivity index (χ1v) is 3.45. The van der Waals surface area contributed by atoms with E-state index < -0.39 is 5.69 Å². The van der Waals surface area contributed by atoms with Crippen molar-refractivity contribution in [2.24, 2.45) is 7.05 Å². The Morgan fingerprint density at radius 1 is 1.25 bits per heavy atom. The summed E-state index contributed by atoms with van der Waals surface area (Å²) in [5.74, 6) is 0. The molecule has 5 nitrogen and oxygen atoms in total. The van der Waals surface area contributed by atoms with Crippen molar-refractivity contribution in [1.82, 2.24) is 14.5 Å². The van der Waals surface area contributed by atoms with Crippen molar-refractivity contribution in [3.63, 3.8) is 0 Å². The number of H-pyrrole nitrogens is 2. The summed E-state index contributed by atoms with van der Waals surface area (Å²) in [4.78, 5) is 26.6. The van der Waals surface area contributed by atoms with Crippen LogP contribution in [0, 0.1) is 0 Å². The molecule has 0 aliphatic carbocycles. The molecule has 0 aromatic carbocycles. The number of hydrogen-bond acceptors (Lipinski definition) is 2. The second kappa shape index (κ2) is 2.10. The third-order valence-electron chi connectivity index (χ3n) is 1.68. The molecule has 0 saturated carbocycles. The maximum atomic E-state index is 11.1. The molecule has 62 valence electrons. The second-order valence-corrected chi connectivity index (χ2v) is 2.66. The second-order valence-electron chi connectivity index (χ2n) is 2.66. The van der Waals surface area contributed by atoms with Crippen LogP contribution in [-0.2, 0) is 7.05 Å². The average molecular weight is 165 g/mol. The molecule has 0 amide bonds. The van der Waals surface area contributed by atoms with Gasteiger partial charge in [-0.2, -0.15) is 0 Å². The van der Waals surface area contributed by atoms with E-state index in [-0.39, 0.29) is 5.56 Å². The van der Waals surface area contributed by atoms with Crippen LogP contribution < -0.4 is 11.2 Å². The summed E-state index contributed by atoms with van der Waals surface area (Å²) < 4.78 is 1.72. The van der Waals surface area contributed by atoms with Crippen LogP contribution in [0.5, 0.6) is 0 Å². The zero-order valence-electron chi connectivity index (χ0n) is 6.42. The highest BCUT2D eigenvalue weighted by atomic mass is 16.2. The van der Waals surface area contributed by atoms with Gasteiger partial charge in [0.05, 0.1) is 10.9 Å². The van der Waals surface area contributed by atoms with Gasteiger partial charge in [0.2, 0.25) is 0 Å². The monoisotopic (exact) mass is 165 g/mol. The van der Waals surface area contributed by atoms with E-state index in [2.05, 4.69) is 9.97 Å². The number of aromatic nitrogens is 3. The largest absolute Gasteiger partial charge is 0.354 e. The van der Waals surface area contributed by atoms with E-state index in [1.54, 1.807) is 24.0 Å². The highest BCUT2D eigenvalue weighted by Gasteiger charge is 2.00. The SMILES string of the molecule is Cn1cc2[nH]c(=O)[nH]c(=O)c2c1. The van der Waals surface area contributed by atoms with Crippen LogP contribution in [-0.4, -0.2) is 14.5 Å². The Labute approximate surface area is 66.7 Å². The molecule has 0 fully saturated rings. The zero-order valence-corrected chi connectivity index (χ0v) is 6.42. The van der Waals surface area contributed by atoms with Gasteiger partial charge in [-0.25, -0.2) is 4.79 Å². The van der Waals surface area contributed by atoms with Crippen LogP contribution in [0.25, 0.3) is 10.9 Å². The molecule has 0 radical (unpaired) electrons. The number of hydrogen-bond donors (Lipinski definition) is 2. The first-order chi connectivity index (χ1) is 5.66. The lowest BCUT2D eigenvalue weighted by molar-refractivity contribution is 0.932. The smallest absolute Gasteiger partial charge is 0.326 e. The molecule has 0 aliphatic rings. The fraction of sp³-hybridized carbons (Fsp3) is 0.143. The summed E-state index contributed by atoms with van der Waals surface area (Å²) in [6.07, 6.45) is 3.34. The van der Waals surface area contributed by atoms with Gasteiger partial charge in [0, 0.05) is 19.4 Å². The van der Waals surface area contributed by atoms with E-state index in [9.17, 15) is 9.59 Å². The summed E-state index contributed by atoms with van der Waals surface area (Å²) in [6, 6.07) is 0. The molecule has 2 aromatic heterocycles. The van der Waals surface area contributed by atoms with Crippen molar-refractivity contribution in [1.29, 1.82) is 0 Å². The van der Waals surface area contributed by atoms with E-state index >= 15 is 0 Å². The van der Waals surface area contributed by atoms with Crippen LogP contribution in [0.3, 0.4) is 0 Å². The number of fused-ring (bicyclic) bond motifs is 1. The minimum atomic E-state index is -0.473. The molecule has 2 aromatic rings. The molecular weight excluding hydrogens is 158 g/mol. The minimum Gasteiger partial charge on any atom is -0.354 e. The quantitative estimate of drug-likeness (QED) is 0.555. The number of aryl methyl sites for hydroxylation is 1. The van der Waals surface area contributed by atoms with Crippen LogP contribution in [0.1, 0.15) is 0 Å². The van der Waals surface area contributed by atoms with E-state index in [0.717, 1.165) is 0 Å². The molecular formula is C7H7N3O2.